The zero-order valence-corrected chi connectivity index (χ0v) is 15.8. The molecule has 0 unspecified atom stereocenters. The molecule has 2 aliphatic rings. The Bertz CT molecular complexity index is 604. The summed E-state index contributed by atoms with van der Waals surface area (Å²) in [5.74, 6) is 0.760. The fraction of sp³-hybridized carbons (Fsp3) is 0.579. The van der Waals surface area contributed by atoms with Crippen molar-refractivity contribution < 1.29 is 14.3 Å². The summed E-state index contributed by atoms with van der Waals surface area (Å²) in [6, 6.07) is 7.68. The smallest absolute Gasteiger partial charge is 0.260 e. The van der Waals surface area contributed by atoms with E-state index in [-0.39, 0.29) is 24.7 Å². The predicted octanol–water partition coefficient (Wildman–Crippen LogP) is 2.47. The Morgan fingerprint density at radius 2 is 1.72 bits per heavy atom. The third-order valence-corrected chi connectivity index (χ3v) is 5.12. The van der Waals surface area contributed by atoms with Gasteiger partial charge in [-0.1, -0.05) is 12.2 Å². The second kappa shape index (κ2) is 8.15. The fourth-order valence-electron chi connectivity index (χ4n) is 3.42. The zero-order chi connectivity index (χ0) is 17.8. The van der Waals surface area contributed by atoms with Crippen molar-refractivity contribution in [3.05, 3.63) is 29.8 Å². The Labute approximate surface area is 154 Å². The molecule has 1 aromatic carbocycles. The van der Waals surface area contributed by atoms with Crippen molar-refractivity contribution in [1.29, 1.82) is 0 Å². The monoisotopic (exact) mass is 362 g/mol. The number of nitrogens with zero attached hydrogens (tertiary/aromatic N) is 2. The van der Waals surface area contributed by atoms with Gasteiger partial charge in [0, 0.05) is 31.7 Å². The molecule has 136 valence electrons. The lowest BCUT2D eigenvalue weighted by Gasteiger charge is -2.37. The lowest BCUT2D eigenvalue weighted by Crippen LogP contribution is -2.47. The molecule has 2 heterocycles. The molecule has 1 amide bonds. The number of ether oxygens (including phenoxy) is 2. The van der Waals surface area contributed by atoms with E-state index in [1.807, 2.05) is 29.2 Å². The molecule has 6 heteroatoms. The van der Waals surface area contributed by atoms with Gasteiger partial charge >= 0.3 is 0 Å². The summed E-state index contributed by atoms with van der Waals surface area (Å²) in [7, 11) is 0. The number of rotatable bonds is 4. The van der Waals surface area contributed by atoms with Crippen molar-refractivity contribution in [2.24, 2.45) is 0 Å². The molecule has 2 atom stereocenters. The standard InChI is InChI=1S/C19H26N2O3S/c1-14-11-21(12-15(2)24-14)19(25)16-5-7-17(8-6-16)23-13-18(22)20-9-3-4-10-20/h5-8,14-15H,3-4,9-13H2,1-2H3/t14-,15+. The summed E-state index contributed by atoms with van der Waals surface area (Å²) < 4.78 is 11.4. The first-order chi connectivity index (χ1) is 12.0. The molecule has 0 saturated carbocycles. The van der Waals surface area contributed by atoms with Crippen LogP contribution in [0.5, 0.6) is 5.75 Å². The first kappa shape index (κ1) is 18.1. The van der Waals surface area contributed by atoms with Crippen molar-refractivity contribution in [2.45, 2.75) is 38.9 Å². The average molecular weight is 362 g/mol. The van der Waals surface area contributed by atoms with Crippen LogP contribution in [0.1, 0.15) is 32.3 Å². The molecule has 0 bridgehead atoms. The van der Waals surface area contributed by atoms with Crippen molar-refractivity contribution in [1.82, 2.24) is 9.80 Å². The molecule has 0 spiro atoms. The number of carbonyl (C=O) groups excluding carboxylic acids is 1. The Balaban J connectivity index is 1.54. The second-order valence-corrected chi connectivity index (χ2v) is 7.26. The third-order valence-electron chi connectivity index (χ3n) is 4.63. The number of hydrogen-bond acceptors (Lipinski definition) is 4. The van der Waals surface area contributed by atoms with Gasteiger partial charge in [0.05, 0.1) is 12.2 Å². The molecule has 0 aliphatic carbocycles. The summed E-state index contributed by atoms with van der Waals surface area (Å²) in [5.41, 5.74) is 0.995. The molecule has 1 aromatic rings. The number of thiocarbonyl (C=S) groups is 1. The molecular weight excluding hydrogens is 336 g/mol. The summed E-state index contributed by atoms with van der Waals surface area (Å²) >= 11 is 5.64. The van der Waals surface area contributed by atoms with Gasteiger partial charge in [-0.25, -0.2) is 0 Å². The minimum Gasteiger partial charge on any atom is -0.484 e. The highest BCUT2D eigenvalue weighted by Gasteiger charge is 2.24. The molecule has 2 aliphatic heterocycles. The highest BCUT2D eigenvalue weighted by atomic mass is 32.1. The van der Waals surface area contributed by atoms with Crippen LogP contribution in [0.25, 0.3) is 0 Å². The van der Waals surface area contributed by atoms with E-state index in [4.69, 9.17) is 21.7 Å². The van der Waals surface area contributed by atoms with Crippen molar-refractivity contribution >= 4 is 23.1 Å². The van der Waals surface area contributed by atoms with Gasteiger partial charge in [-0.05, 0) is 51.0 Å². The number of morpholine rings is 1. The van der Waals surface area contributed by atoms with Crippen LogP contribution < -0.4 is 4.74 Å². The van der Waals surface area contributed by atoms with Crippen LogP contribution in [0, 0.1) is 0 Å². The summed E-state index contributed by atoms with van der Waals surface area (Å²) in [6.45, 7) is 7.57. The summed E-state index contributed by atoms with van der Waals surface area (Å²) in [4.78, 5) is 16.9. The molecule has 3 rings (SSSR count). The van der Waals surface area contributed by atoms with Crippen molar-refractivity contribution in [3.8, 4) is 5.75 Å². The minimum absolute atomic E-state index is 0.0633. The summed E-state index contributed by atoms with van der Waals surface area (Å²) in [6.07, 6.45) is 2.55. The maximum absolute atomic E-state index is 12.0. The van der Waals surface area contributed by atoms with Gasteiger partial charge < -0.3 is 19.3 Å². The fourth-order valence-corrected chi connectivity index (χ4v) is 3.71. The number of benzene rings is 1. The Kier molecular flexibility index (Phi) is 5.91. The van der Waals surface area contributed by atoms with E-state index in [1.165, 1.54) is 0 Å². The van der Waals surface area contributed by atoms with Gasteiger partial charge in [-0.15, -0.1) is 0 Å². The van der Waals surface area contributed by atoms with E-state index in [9.17, 15) is 4.79 Å². The summed E-state index contributed by atoms with van der Waals surface area (Å²) in [5, 5.41) is 0. The predicted molar refractivity (Wildman–Crippen MR) is 101 cm³/mol. The highest BCUT2D eigenvalue weighted by Crippen LogP contribution is 2.18. The molecule has 0 aromatic heterocycles. The molecule has 5 nitrogen and oxygen atoms in total. The molecule has 25 heavy (non-hydrogen) atoms. The highest BCUT2D eigenvalue weighted by molar-refractivity contribution is 7.80. The van der Waals surface area contributed by atoms with E-state index >= 15 is 0 Å². The van der Waals surface area contributed by atoms with Crippen molar-refractivity contribution in [2.75, 3.05) is 32.8 Å². The second-order valence-electron chi connectivity index (χ2n) is 6.87. The molecular formula is C19H26N2O3S. The van der Waals surface area contributed by atoms with Gasteiger partial charge in [0.15, 0.2) is 6.61 Å². The van der Waals surface area contributed by atoms with Crippen LogP contribution in [0.4, 0.5) is 0 Å². The van der Waals surface area contributed by atoms with Gasteiger partial charge in [-0.2, -0.15) is 0 Å². The third kappa shape index (κ3) is 4.70. The number of carbonyl (C=O) groups is 1. The minimum atomic E-state index is 0.0633. The van der Waals surface area contributed by atoms with Crippen LogP contribution in [0.15, 0.2) is 24.3 Å². The van der Waals surface area contributed by atoms with Crippen LogP contribution in [-0.4, -0.2) is 65.7 Å². The Hall–Kier alpha value is -1.66. The van der Waals surface area contributed by atoms with E-state index in [0.717, 1.165) is 49.6 Å². The maximum Gasteiger partial charge on any atom is 0.260 e. The average Bonchev–Trinajstić information content (AvgIpc) is 3.13. The lowest BCUT2D eigenvalue weighted by atomic mass is 10.1. The topological polar surface area (TPSA) is 42.0 Å². The lowest BCUT2D eigenvalue weighted by molar-refractivity contribution is -0.132. The van der Waals surface area contributed by atoms with E-state index in [1.54, 1.807) is 0 Å². The first-order valence-corrected chi connectivity index (χ1v) is 9.39. The SMILES string of the molecule is C[C@@H]1CN(C(=S)c2ccc(OCC(=O)N3CCCC3)cc2)C[C@H](C)O1. The van der Waals surface area contributed by atoms with Crippen LogP contribution >= 0.6 is 12.2 Å². The largest absolute Gasteiger partial charge is 0.484 e. The van der Waals surface area contributed by atoms with E-state index < -0.39 is 0 Å². The normalized spacial score (nSPS) is 23.6. The van der Waals surface area contributed by atoms with Crippen LogP contribution in [-0.2, 0) is 9.53 Å². The molecule has 0 radical (unpaired) electrons. The molecule has 2 fully saturated rings. The van der Waals surface area contributed by atoms with Crippen LogP contribution in [0.3, 0.4) is 0 Å². The Morgan fingerprint density at radius 3 is 2.32 bits per heavy atom. The number of likely N-dealkylation sites (tertiary alicyclic amines) is 1. The number of hydrogen-bond donors (Lipinski definition) is 0. The van der Waals surface area contributed by atoms with Gasteiger partial charge in [0.1, 0.15) is 10.7 Å². The number of amides is 1. The Morgan fingerprint density at radius 1 is 1.12 bits per heavy atom. The quantitative estimate of drug-likeness (QED) is 0.770. The zero-order valence-electron chi connectivity index (χ0n) is 14.9. The first-order valence-electron chi connectivity index (χ1n) is 8.98. The molecule has 2 saturated heterocycles. The maximum atomic E-state index is 12.0. The van der Waals surface area contributed by atoms with Crippen LogP contribution in [0.2, 0.25) is 0 Å². The van der Waals surface area contributed by atoms with Crippen molar-refractivity contribution in [3.63, 3.8) is 0 Å². The molecule has 0 N–H and O–H groups in total. The van der Waals surface area contributed by atoms with Gasteiger partial charge in [-0.3, -0.25) is 4.79 Å². The van der Waals surface area contributed by atoms with Gasteiger partial charge in [0.25, 0.3) is 5.91 Å². The van der Waals surface area contributed by atoms with E-state index in [2.05, 4.69) is 18.7 Å². The van der Waals surface area contributed by atoms with E-state index in [0.29, 0.717) is 5.75 Å². The van der Waals surface area contributed by atoms with Gasteiger partial charge in [0.2, 0.25) is 0 Å².